The van der Waals surface area contributed by atoms with E-state index in [0.29, 0.717) is 23.8 Å². The SMILES string of the molecule is CC(=O)c1cc(CN2CCCCC2)c2oc(C3=CCC(C)C=C3)cc(=O)c2c1O. The third-order valence-electron chi connectivity index (χ3n) is 5.87. The summed E-state index contributed by atoms with van der Waals surface area (Å²) in [5, 5.41) is 10.7. The van der Waals surface area contributed by atoms with Gasteiger partial charge in [-0.2, -0.15) is 0 Å². The first-order chi connectivity index (χ1) is 13.9. The molecule has 0 amide bonds. The molecule has 5 heteroatoms. The van der Waals surface area contributed by atoms with E-state index in [2.05, 4.69) is 24.0 Å². The van der Waals surface area contributed by atoms with Crippen LogP contribution in [0.1, 0.15) is 61.2 Å². The molecule has 0 radical (unpaired) electrons. The van der Waals surface area contributed by atoms with E-state index >= 15 is 0 Å². The fraction of sp³-hybridized carbons (Fsp3) is 0.417. The number of ketones is 1. The van der Waals surface area contributed by atoms with Crippen molar-refractivity contribution in [1.82, 2.24) is 4.90 Å². The zero-order chi connectivity index (χ0) is 20.5. The molecular weight excluding hydrogens is 366 g/mol. The van der Waals surface area contributed by atoms with E-state index in [1.807, 2.05) is 6.08 Å². The number of piperidine rings is 1. The number of benzene rings is 1. The highest BCUT2D eigenvalue weighted by atomic mass is 16.3. The number of fused-ring (bicyclic) bond motifs is 1. The lowest BCUT2D eigenvalue weighted by atomic mass is 9.96. The molecule has 0 saturated carbocycles. The lowest BCUT2D eigenvalue weighted by Crippen LogP contribution is -2.29. The van der Waals surface area contributed by atoms with E-state index < -0.39 is 0 Å². The quantitative estimate of drug-likeness (QED) is 0.765. The van der Waals surface area contributed by atoms with Crippen LogP contribution in [0.2, 0.25) is 0 Å². The van der Waals surface area contributed by atoms with Gasteiger partial charge in [0, 0.05) is 23.7 Å². The molecule has 2 aromatic rings. The Hall–Kier alpha value is -2.66. The molecule has 1 N–H and O–H groups in total. The topological polar surface area (TPSA) is 70.8 Å². The van der Waals surface area contributed by atoms with Crippen LogP contribution in [0.25, 0.3) is 16.5 Å². The van der Waals surface area contributed by atoms with Gasteiger partial charge in [0.15, 0.2) is 11.2 Å². The standard InChI is InChI=1S/C24H27NO4/c1-15-6-8-17(9-7-15)21-13-20(27)22-23(28)19(16(2)26)12-18(24(22)29-21)14-25-10-4-3-5-11-25/h6,8-9,12-13,15,28H,3-5,7,10-11,14H2,1-2H3. The van der Waals surface area contributed by atoms with Gasteiger partial charge < -0.3 is 9.52 Å². The van der Waals surface area contributed by atoms with E-state index in [1.165, 1.54) is 19.4 Å². The van der Waals surface area contributed by atoms with Crippen molar-refractivity contribution in [3.63, 3.8) is 0 Å². The smallest absolute Gasteiger partial charge is 0.197 e. The zero-order valence-corrected chi connectivity index (χ0v) is 17.0. The average Bonchev–Trinajstić information content (AvgIpc) is 2.70. The first-order valence-electron chi connectivity index (χ1n) is 10.4. The molecule has 152 valence electrons. The summed E-state index contributed by atoms with van der Waals surface area (Å²) in [6.07, 6.45) is 10.5. The van der Waals surface area contributed by atoms with E-state index in [9.17, 15) is 14.7 Å². The maximum Gasteiger partial charge on any atom is 0.197 e. The van der Waals surface area contributed by atoms with Crippen LogP contribution in [0.4, 0.5) is 0 Å². The molecule has 5 nitrogen and oxygen atoms in total. The van der Waals surface area contributed by atoms with E-state index in [-0.39, 0.29) is 27.9 Å². The third-order valence-corrected chi connectivity index (χ3v) is 5.87. The van der Waals surface area contributed by atoms with Gasteiger partial charge in [0.05, 0.1) is 5.56 Å². The van der Waals surface area contributed by atoms with E-state index in [1.54, 1.807) is 6.07 Å². The van der Waals surface area contributed by atoms with Crippen molar-refractivity contribution in [3.8, 4) is 5.75 Å². The Morgan fingerprint density at radius 1 is 1.24 bits per heavy atom. The highest BCUT2D eigenvalue weighted by Gasteiger charge is 2.22. The number of carbonyl (C=O) groups is 1. The van der Waals surface area contributed by atoms with Crippen molar-refractivity contribution < 1.29 is 14.3 Å². The number of likely N-dealkylation sites (tertiary alicyclic amines) is 1. The van der Waals surface area contributed by atoms with Crippen LogP contribution in [-0.2, 0) is 6.54 Å². The van der Waals surface area contributed by atoms with Crippen LogP contribution in [0.3, 0.4) is 0 Å². The third kappa shape index (κ3) is 3.92. The number of hydrogen-bond acceptors (Lipinski definition) is 5. The van der Waals surface area contributed by atoms with Crippen molar-refractivity contribution in [2.75, 3.05) is 13.1 Å². The highest BCUT2D eigenvalue weighted by molar-refractivity contribution is 6.03. The Bertz CT molecular complexity index is 1070. The molecule has 1 atom stereocenters. The van der Waals surface area contributed by atoms with Gasteiger partial charge in [-0.25, -0.2) is 0 Å². The largest absolute Gasteiger partial charge is 0.506 e. The summed E-state index contributed by atoms with van der Waals surface area (Å²) in [5.74, 6) is 0.417. The summed E-state index contributed by atoms with van der Waals surface area (Å²) in [5.41, 5.74) is 1.89. The van der Waals surface area contributed by atoms with Gasteiger partial charge in [-0.05, 0) is 51.3 Å². The second-order valence-electron chi connectivity index (χ2n) is 8.24. The number of carbonyl (C=O) groups excluding carboxylic acids is 1. The summed E-state index contributed by atoms with van der Waals surface area (Å²) in [6, 6.07) is 3.11. The zero-order valence-electron chi connectivity index (χ0n) is 17.0. The molecule has 0 bridgehead atoms. The second-order valence-corrected chi connectivity index (χ2v) is 8.24. The molecule has 1 aliphatic heterocycles. The minimum Gasteiger partial charge on any atom is -0.506 e. The van der Waals surface area contributed by atoms with Crippen molar-refractivity contribution in [3.05, 3.63) is 57.5 Å². The highest BCUT2D eigenvalue weighted by Crippen LogP contribution is 2.34. The van der Waals surface area contributed by atoms with Crippen LogP contribution < -0.4 is 5.43 Å². The Labute approximate surface area is 170 Å². The van der Waals surface area contributed by atoms with Gasteiger partial charge in [-0.1, -0.05) is 31.6 Å². The molecule has 1 aliphatic carbocycles. The summed E-state index contributed by atoms with van der Waals surface area (Å²) in [6.45, 7) is 6.09. The van der Waals surface area contributed by atoms with Crippen LogP contribution in [-0.4, -0.2) is 28.9 Å². The first-order valence-corrected chi connectivity index (χ1v) is 10.4. The van der Waals surface area contributed by atoms with Crippen LogP contribution in [0, 0.1) is 5.92 Å². The molecule has 1 aromatic heterocycles. The summed E-state index contributed by atoms with van der Waals surface area (Å²) >= 11 is 0. The normalized spacial score (nSPS) is 20.1. The van der Waals surface area contributed by atoms with Gasteiger partial charge in [0.1, 0.15) is 22.5 Å². The van der Waals surface area contributed by atoms with Gasteiger partial charge in [-0.3, -0.25) is 14.5 Å². The fourth-order valence-electron chi connectivity index (χ4n) is 4.18. The first kappa shape index (κ1) is 19.6. The number of allylic oxidation sites excluding steroid dienone is 4. The molecule has 2 aliphatic rings. The maximum atomic E-state index is 13.0. The van der Waals surface area contributed by atoms with Crippen LogP contribution in [0.5, 0.6) is 5.75 Å². The number of rotatable bonds is 4. The van der Waals surface area contributed by atoms with Gasteiger partial charge in [0.2, 0.25) is 0 Å². The molecule has 29 heavy (non-hydrogen) atoms. The van der Waals surface area contributed by atoms with E-state index in [0.717, 1.165) is 43.5 Å². The molecule has 1 unspecified atom stereocenters. The van der Waals surface area contributed by atoms with Gasteiger partial charge >= 0.3 is 0 Å². The summed E-state index contributed by atoms with van der Waals surface area (Å²) in [7, 11) is 0. The second kappa shape index (κ2) is 7.99. The fourth-order valence-corrected chi connectivity index (χ4v) is 4.18. The number of Topliss-reactive ketones (excluding diaryl/α,β-unsaturated/α-hetero) is 1. The predicted octanol–water partition coefficient (Wildman–Crippen LogP) is 4.67. The minimum absolute atomic E-state index is 0.0993. The molecule has 4 rings (SSSR count). The number of phenols is 1. The predicted molar refractivity (Wildman–Crippen MR) is 114 cm³/mol. The number of aromatic hydroxyl groups is 1. The van der Waals surface area contributed by atoms with Crippen molar-refractivity contribution >= 4 is 22.3 Å². The Kier molecular flexibility index (Phi) is 5.41. The summed E-state index contributed by atoms with van der Waals surface area (Å²) in [4.78, 5) is 27.3. The molecule has 1 saturated heterocycles. The van der Waals surface area contributed by atoms with Gasteiger partial charge in [-0.15, -0.1) is 0 Å². The maximum absolute atomic E-state index is 13.0. The number of phenolic OH excluding ortho intramolecular Hbond substituents is 1. The molecule has 0 spiro atoms. The van der Waals surface area contributed by atoms with Crippen molar-refractivity contribution in [2.24, 2.45) is 5.92 Å². The average molecular weight is 393 g/mol. The Morgan fingerprint density at radius 2 is 2.00 bits per heavy atom. The number of hydrogen-bond donors (Lipinski definition) is 1. The molecule has 2 heterocycles. The lowest BCUT2D eigenvalue weighted by Gasteiger charge is -2.27. The molecule has 1 fully saturated rings. The Balaban J connectivity index is 1.88. The minimum atomic E-state index is -0.324. The van der Waals surface area contributed by atoms with Crippen molar-refractivity contribution in [1.29, 1.82) is 0 Å². The van der Waals surface area contributed by atoms with Gasteiger partial charge in [0.25, 0.3) is 0 Å². The lowest BCUT2D eigenvalue weighted by molar-refractivity contribution is 0.101. The molecular formula is C24H27NO4. The van der Waals surface area contributed by atoms with E-state index in [4.69, 9.17) is 4.42 Å². The molecule has 1 aromatic carbocycles. The monoisotopic (exact) mass is 393 g/mol. The number of nitrogens with zero attached hydrogens (tertiary/aromatic N) is 1. The van der Waals surface area contributed by atoms with Crippen LogP contribution in [0.15, 0.2) is 39.6 Å². The summed E-state index contributed by atoms with van der Waals surface area (Å²) < 4.78 is 6.19. The van der Waals surface area contributed by atoms with Crippen LogP contribution >= 0.6 is 0 Å². The Morgan fingerprint density at radius 3 is 2.66 bits per heavy atom. The van der Waals surface area contributed by atoms with Crippen molar-refractivity contribution in [2.45, 2.75) is 46.1 Å².